The van der Waals surface area contributed by atoms with Crippen LogP contribution in [0, 0.1) is 0 Å². The highest BCUT2D eigenvalue weighted by Crippen LogP contribution is 1.97. The predicted molar refractivity (Wildman–Crippen MR) is 38.8 cm³/mol. The van der Waals surface area contributed by atoms with E-state index in [0.29, 0.717) is 0 Å². The van der Waals surface area contributed by atoms with Crippen LogP contribution in [-0.2, 0) is 4.79 Å². The minimum Gasteiger partial charge on any atom is -0.314 e. The van der Waals surface area contributed by atoms with E-state index in [9.17, 15) is 9.59 Å². The minimum absolute atomic E-state index is 0.278. The molecule has 0 aromatic rings. The Hall–Kier alpha value is -1.10. The molecule has 1 rings (SSSR count). The van der Waals surface area contributed by atoms with Gasteiger partial charge in [0.1, 0.15) is 0 Å². The molecule has 0 aromatic heterocycles. The molecular weight excluding hydrogens is 146 g/mol. The number of rotatable bonds is 2. The Morgan fingerprint density at radius 1 is 1.55 bits per heavy atom. The Morgan fingerprint density at radius 2 is 2.18 bits per heavy atom. The van der Waals surface area contributed by atoms with Crippen LogP contribution in [0.2, 0.25) is 0 Å². The molecule has 0 saturated carbocycles. The van der Waals surface area contributed by atoms with Crippen molar-refractivity contribution in [3.8, 4) is 0 Å². The molecule has 1 atom stereocenters. The van der Waals surface area contributed by atoms with Gasteiger partial charge in [-0.05, 0) is 13.6 Å². The monoisotopic (exact) mass is 157 g/mol. The van der Waals surface area contributed by atoms with Gasteiger partial charge in [-0.25, -0.2) is 4.79 Å². The molecule has 62 valence electrons. The number of nitrogens with zero attached hydrogens (tertiary/aromatic N) is 1. The number of amides is 3. The summed E-state index contributed by atoms with van der Waals surface area (Å²) < 4.78 is 0. The van der Waals surface area contributed by atoms with E-state index in [-0.39, 0.29) is 5.91 Å². The zero-order chi connectivity index (χ0) is 8.43. The molecule has 0 spiro atoms. The summed E-state index contributed by atoms with van der Waals surface area (Å²) in [7, 11) is 1.77. The lowest BCUT2D eigenvalue weighted by molar-refractivity contribution is -0.123. The van der Waals surface area contributed by atoms with Crippen LogP contribution >= 0.6 is 0 Å². The van der Waals surface area contributed by atoms with Crippen molar-refractivity contribution in [2.45, 2.75) is 13.1 Å². The third-order valence-electron chi connectivity index (χ3n) is 1.69. The Kier molecular flexibility index (Phi) is 2.09. The quantitative estimate of drug-likeness (QED) is 0.511. The van der Waals surface area contributed by atoms with Gasteiger partial charge in [0.2, 0.25) is 0 Å². The van der Waals surface area contributed by atoms with E-state index >= 15 is 0 Å². The zero-order valence-corrected chi connectivity index (χ0v) is 6.55. The summed E-state index contributed by atoms with van der Waals surface area (Å²) >= 11 is 0. The molecule has 0 bridgehead atoms. The van der Waals surface area contributed by atoms with Crippen molar-refractivity contribution < 1.29 is 9.59 Å². The highest BCUT2D eigenvalue weighted by Gasteiger charge is 2.31. The highest BCUT2D eigenvalue weighted by molar-refractivity contribution is 6.03. The third kappa shape index (κ3) is 1.48. The average Bonchev–Trinajstić information content (AvgIpc) is 2.28. The van der Waals surface area contributed by atoms with Crippen molar-refractivity contribution in [1.82, 2.24) is 15.5 Å². The summed E-state index contributed by atoms with van der Waals surface area (Å²) in [5, 5.41) is 4.63. The maximum atomic E-state index is 10.9. The van der Waals surface area contributed by atoms with Crippen LogP contribution in [0.5, 0.6) is 0 Å². The summed E-state index contributed by atoms with van der Waals surface area (Å²) in [6.45, 7) is 2.64. The van der Waals surface area contributed by atoms with Crippen molar-refractivity contribution in [3.05, 3.63) is 0 Å². The maximum absolute atomic E-state index is 10.9. The van der Waals surface area contributed by atoms with Gasteiger partial charge in [-0.15, -0.1) is 0 Å². The van der Waals surface area contributed by atoms with E-state index < -0.39 is 12.2 Å². The number of urea groups is 1. The van der Waals surface area contributed by atoms with Crippen molar-refractivity contribution in [1.29, 1.82) is 0 Å². The number of nitrogens with one attached hydrogen (secondary N) is 2. The predicted octanol–water partition coefficient (Wildman–Crippen LogP) is -0.896. The van der Waals surface area contributed by atoms with Gasteiger partial charge in [0.05, 0.1) is 0 Å². The highest BCUT2D eigenvalue weighted by atomic mass is 16.2. The first kappa shape index (κ1) is 8.00. The summed E-state index contributed by atoms with van der Waals surface area (Å²) in [5.74, 6) is -0.278. The van der Waals surface area contributed by atoms with Gasteiger partial charge in [-0.3, -0.25) is 15.0 Å². The summed E-state index contributed by atoms with van der Waals surface area (Å²) in [4.78, 5) is 23.3. The fraction of sp³-hybridized carbons (Fsp3) is 0.667. The Labute approximate surface area is 64.7 Å². The summed E-state index contributed by atoms with van der Waals surface area (Å²) in [5.41, 5.74) is 0. The molecule has 1 saturated heterocycles. The van der Waals surface area contributed by atoms with Crippen LogP contribution in [0.15, 0.2) is 0 Å². The Bertz CT molecular complexity index is 192. The molecule has 5 nitrogen and oxygen atoms in total. The second-order valence-corrected chi connectivity index (χ2v) is 2.44. The van der Waals surface area contributed by atoms with E-state index in [2.05, 4.69) is 10.6 Å². The van der Waals surface area contributed by atoms with Gasteiger partial charge in [-0.1, -0.05) is 6.92 Å². The molecule has 1 heterocycles. The van der Waals surface area contributed by atoms with E-state index in [4.69, 9.17) is 0 Å². The smallest absolute Gasteiger partial charge is 0.314 e. The molecule has 1 fully saturated rings. The van der Waals surface area contributed by atoms with Gasteiger partial charge in [0, 0.05) is 0 Å². The van der Waals surface area contributed by atoms with Gasteiger partial charge in [0.25, 0.3) is 5.91 Å². The Balaban J connectivity index is 2.59. The second kappa shape index (κ2) is 2.87. The number of hydrogen-bond donors (Lipinski definition) is 2. The van der Waals surface area contributed by atoms with Crippen molar-refractivity contribution in [2.24, 2.45) is 0 Å². The van der Waals surface area contributed by atoms with Crippen molar-refractivity contribution >= 4 is 11.9 Å². The topological polar surface area (TPSA) is 61.4 Å². The molecule has 1 unspecified atom stereocenters. The lowest BCUT2D eigenvalue weighted by Gasteiger charge is -2.18. The molecule has 11 heavy (non-hydrogen) atoms. The first-order chi connectivity index (χ1) is 5.15. The normalized spacial score (nSPS) is 23.7. The van der Waals surface area contributed by atoms with Crippen molar-refractivity contribution in [2.75, 3.05) is 13.6 Å². The molecule has 1 aliphatic heterocycles. The van der Waals surface area contributed by atoms with Gasteiger partial charge < -0.3 is 5.32 Å². The fourth-order valence-electron chi connectivity index (χ4n) is 0.899. The van der Waals surface area contributed by atoms with Crippen LogP contribution in [-0.4, -0.2) is 36.6 Å². The van der Waals surface area contributed by atoms with Crippen LogP contribution in [0.3, 0.4) is 0 Å². The molecule has 0 aliphatic carbocycles. The molecule has 0 radical (unpaired) electrons. The van der Waals surface area contributed by atoms with Gasteiger partial charge in [0.15, 0.2) is 6.17 Å². The third-order valence-corrected chi connectivity index (χ3v) is 1.69. The summed E-state index contributed by atoms with van der Waals surface area (Å²) in [6.07, 6.45) is -0.493. The van der Waals surface area contributed by atoms with E-state index in [0.717, 1.165) is 6.54 Å². The first-order valence-electron chi connectivity index (χ1n) is 3.46. The van der Waals surface area contributed by atoms with Crippen LogP contribution in [0.4, 0.5) is 4.79 Å². The first-order valence-corrected chi connectivity index (χ1v) is 3.46. The summed E-state index contributed by atoms with van der Waals surface area (Å²) in [6, 6.07) is -0.416. The number of imide groups is 1. The molecule has 5 heteroatoms. The van der Waals surface area contributed by atoms with Crippen LogP contribution in [0.1, 0.15) is 6.92 Å². The lowest BCUT2D eigenvalue weighted by atomic mass is 10.4. The van der Waals surface area contributed by atoms with E-state index in [1.165, 1.54) is 0 Å². The molecular formula is C6H11N3O2. The standard InChI is InChI=1S/C6H11N3O2/c1-3-9(2)4-5(10)8-6(11)7-4/h4H,3H2,1-2H3,(H2,7,8,10,11). The second-order valence-electron chi connectivity index (χ2n) is 2.44. The minimum atomic E-state index is -0.493. The van der Waals surface area contributed by atoms with Crippen LogP contribution < -0.4 is 10.6 Å². The van der Waals surface area contributed by atoms with E-state index in [1.807, 2.05) is 6.92 Å². The molecule has 3 amide bonds. The number of hydrogen-bond acceptors (Lipinski definition) is 3. The largest absolute Gasteiger partial charge is 0.323 e. The SMILES string of the molecule is CCN(C)C1NC(=O)NC1=O. The molecule has 1 aliphatic rings. The maximum Gasteiger partial charge on any atom is 0.323 e. The van der Waals surface area contributed by atoms with Crippen LogP contribution in [0.25, 0.3) is 0 Å². The zero-order valence-electron chi connectivity index (χ0n) is 6.55. The number of carbonyl (C=O) groups is 2. The van der Waals surface area contributed by atoms with Crippen molar-refractivity contribution in [3.63, 3.8) is 0 Å². The molecule has 2 N–H and O–H groups in total. The fourth-order valence-corrected chi connectivity index (χ4v) is 0.899. The number of carbonyl (C=O) groups excluding carboxylic acids is 2. The number of likely N-dealkylation sites (N-methyl/N-ethyl adjacent to an activating group) is 1. The Morgan fingerprint density at radius 3 is 2.55 bits per heavy atom. The molecule has 0 aromatic carbocycles. The average molecular weight is 157 g/mol. The lowest BCUT2D eigenvalue weighted by Crippen LogP contribution is -2.44. The van der Waals surface area contributed by atoms with Gasteiger partial charge in [-0.2, -0.15) is 0 Å². The van der Waals surface area contributed by atoms with Gasteiger partial charge >= 0.3 is 6.03 Å². The van der Waals surface area contributed by atoms with E-state index in [1.54, 1.807) is 11.9 Å².